The smallest absolute Gasteiger partial charge is 0.234 e. The number of thioether (sulfide) groups is 1. The van der Waals surface area contributed by atoms with Crippen LogP contribution in [0, 0.1) is 0 Å². The highest BCUT2D eigenvalue weighted by Gasteiger charge is 2.15. The Labute approximate surface area is 187 Å². The Kier molecular flexibility index (Phi) is 7.27. The second kappa shape index (κ2) is 10.5. The molecule has 3 aromatic rings. The fraction of sp³-hybridized carbons (Fsp3) is 0.333. The summed E-state index contributed by atoms with van der Waals surface area (Å²) in [5, 5.41) is 7.30. The van der Waals surface area contributed by atoms with E-state index in [0.29, 0.717) is 12.4 Å². The summed E-state index contributed by atoms with van der Waals surface area (Å²) in [6, 6.07) is 17.7. The lowest BCUT2D eigenvalue weighted by Gasteiger charge is -2.17. The zero-order chi connectivity index (χ0) is 21.5. The maximum atomic E-state index is 12.5. The predicted octanol–water partition coefficient (Wildman–Crippen LogP) is 4.29. The van der Waals surface area contributed by atoms with Gasteiger partial charge in [-0.3, -0.25) is 14.4 Å². The molecule has 0 aliphatic carbocycles. The van der Waals surface area contributed by atoms with Crippen LogP contribution in [0.5, 0.6) is 5.75 Å². The number of rotatable bonds is 9. The van der Waals surface area contributed by atoms with E-state index >= 15 is 0 Å². The molecule has 0 atom stereocenters. The van der Waals surface area contributed by atoms with Crippen LogP contribution in [0.4, 0.5) is 5.69 Å². The molecule has 1 fully saturated rings. The number of likely N-dealkylation sites (tertiary alicyclic amines) is 1. The van der Waals surface area contributed by atoms with Crippen molar-refractivity contribution in [2.24, 2.45) is 7.05 Å². The summed E-state index contributed by atoms with van der Waals surface area (Å²) in [7, 11) is 1.91. The summed E-state index contributed by atoms with van der Waals surface area (Å²) in [6.07, 6.45) is 4.32. The molecule has 0 spiro atoms. The van der Waals surface area contributed by atoms with Crippen LogP contribution in [0.1, 0.15) is 12.8 Å². The predicted molar refractivity (Wildman–Crippen MR) is 126 cm³/mol. The number of aryl methyl sites for hydroxylation is 1. The molecule has 7 heteroatoms. The minimum Gasteiger partial charge on any atom is -0.492 e. The van der Waals surface area contributed by atoms with E-state index in [4.69, 9.17) is 4.74 Å². The third kappa shape index (κ3) is 5.89. The van der Waals surface area contributed by atoms with Gasteiger partial charge in [0.25, 0.3) is 0 Å². The van der Waals surface area contributed by atoms with Crippen LogP contribution >= 0.6 is 11.8 Å². The normalized spacial score (nSPS) is 14.0. The Morgan fingerprint density at radius 1 is 1.13 bits per heavy atom. The van der Waals surface area contributed by atoms with Gasteiger partial charge >= 0.3 is 0 Å². The van der Waals surface area contributed by atoms with Crippen LogP contribution < -0.4 is 10.1 Å². The third-order valence-electron chi connectivity index (χ3n) is 5.34. The highest BCUT2D eigenvalue weighted by atomic mass is 32.2. The first-order valence-electron chi connectivity index (χ1n) is 10.6. The molecule has 1 amide bonds. The van der Waals surface area contributed by atoms with Gasteiger partial charge in [0, 0.05) is 35.9 Å². The molecule has 2 aromatic carbocycles. The van der Waals surface area contributed by atoms with Gasteiger partial charge in [0.15, 0.2) is 0 Å². The minimum atomic E-state index is -0.0347. The Morgan fingerprint density at radius 2 is 1.94 bits per heavy atom. The fourth-order valence-corrected chi connectivity index (χ4v) is 4.44. The van der Waals surface area contributed by atoms with Crippen molar-refractivity contribution < 1.29 is 9.53 Å². The molecular weight excluding hydrogens is 408 g/mol. The molecule has 0 unspecified atom stereocenters. The molecule has 0 saturated carbocycles. The van der Waals surface area contributed by atoms with E-state index < -0.39 is 0 Å². The van der Waals surface area contributed by atoms with Crippen molar-refractivity contribution in [3.63, 3.8) is 0 Å². The van der Waals surface area contributed by atoms with Gasteiger partial charge in [0.1, 0.15) is 12.4 Å². The highest BCUT2D eigenvalue weighted by molar-refractivity contribution is 8.00. The van der Waals surface area contributed by atoms with E-state index in [-0.39, 0.29) is 5.91 Å². The number of hydrogen-bond donors (Lipinski definition) is 1. The number of nitrogens with zero attached hydrogens (tertiary/aromatic N) is 3. The average Bonchev–Trinajstić information content (AvgIpc) is 3.46. The van der Waals surface area contributed by atoms with E-state index in [9.17, 15) is 4.79 Å². The van der Waals surface area contributed by atoms with Crippen molar-refractivity contribution in [2.75, 3.05) is 37.3 Å². The number of ether oxygens (including phenoxy) is 1. The molecule has 6 nitrogen and oxygen atoms in total. The summed E-state index contributed by atoms with van der Waals surface area (Å²) in [5.41, 5.74) is 2.63. The Morgan fingerprint density at radius 3 is 2.68 bits per heavy atom. The second-order valence-corrected chi connectivity index (χ2v) is 8.65. The number of carbonyl (C=O) groups is 1. The van der Waals surface area contributed by atoms with Crippen LogP contribution in [0.25, 0.3) is 11.3 Å². The number of nitrogens with one attached hydrogen (secondary N) is 1. The zero-order valence-corrected chi connectivity index (χ0v) is 18.6. The molecule has 0 bridgehead atoms. The summed E-state index contributed by atoms with van der Waals surface area (Å²) in [6.45, 7) is 3.89. The molecule has 1 aromatic heterocycles. The van der Waals surface area contributed by atoms with Crippen molar-refractivity contribution in [2.45, 2.75) is 17.7 Å². The monoisotopic (exact) mass is 436 g/mol. The zero-order valence-electron chi connectivity index (χ0n) is 17.8. The van der Waals surface area contributed by atoms with Gasteiger partial charge in [0.2, 0.25) is 5.91 Å². The molecule has 1 N–H and O–H groups in total. The summed E-state index contributed by atoms with van der Waals surface area (Å²) in [5.74, 6) is 1.13. The first-order valence-corrected chi connectivity index (χ1v) is 11.6. The van der Waals surface area contributed by atoms with Gasteiger partial charge in [0.05, 0.1) is 11.4 Å². The fourth-order valence-electron chi connectivity index (χ4n) is 3.73. The van der Waals surface area contributed by atoms with Crippen molar-refractivity contribution in [3.8, 4) is 17.0 Å². The highest BCUT2D eigenvalue weighted by Crippen LogP contribution is 2.32. The van der Waals surface area contributed by atoms with Crippen molar-refractivity contribution in [1.82, 2.24) is 14.7 Å². The van der Waals surface area contributed by atoms with Crippen molar-refractivity contribution >= 4 is 23.4 Å². The van der Waals surface area contributed by atoms with E-state index in [2.05, 4.69) is 15.3 Å². The third-order valence-corrected chi connectivity index (χ3v) is 6.35. The maximum absolute atomic E-state index is 12.5. The first-order chi connectivity index (χ1) is 15.2. The van der Waals surface area contributed by atoms with Crippen molar-refractivity contribution in [1.29, 1.82) is 0 Å². The van der Waals surface area contributed by atoms with Gasteiger partial charge < -0.3 is 10.1 Å². The number of amides is 1. The number of carbonyl (C=O) groups excluding carboxylic acids is 1. The van der Waals surface area contributed by atoms with Crippen LogP contribution in [-0.2, 0) is 11.8 Å². The summed E-state index contributed by atoms with van der Waals surface area (Å²) >= 11 is 1.52. The molecule has 1 aliphatic heterocycles. The minimum absolute atomic E-state index is 0.0347. The standard InChI is InChI=1S/C24H28N4O2S/c1-27-22(11-12-25-27)21-17-19(26-24(29)18-31-20-7-3-2-4-8-20)9-10-23(21)30-16-15-28-13-5-6-14-28/h2-4,7-12,17H,5-6,13-16,18H2,1H3,(H,26,29). The summed E-state index contributed by atoms with van der Waals surface area (Å²) in [4.78, 5) is 16.0. The molecule has 162 valence electrons. The lowest BCUT2D eigenvalue weighted by molar-refractivity contribution is -0.113. The van der Waals surface area contributed by atoms with Crippen LogP contribution in [0.15, 0.2) is 65.7 Å². The quantitative estimate of drug-likeness (QED) is 0.507. The van der Waals surface area contributed by atoms with Crippen LogP contribution in [-0.4, -0.2) is 52.6 Å². The number of benzene rings is 2. The summed E-state index contributed by atoms with van der Waals surface area (Å²) < 4.78 is 7.96. The lowest BCUT2D eigenvalue weighted by Crippen LogP contribution is -2.25. The molecule has 1 aliphatic rings. The van der Waals surface area contributed by atoms with E-state index in [1.807, 2.05) is 66.3 Å². The molecular formula is C24H28N4O2S. The van der Waals surface area contributed by atoms with Crippen molar-refractivity contribution in [3.05, 3.63) is 60.8 Å². The van der Waals surface area contributed by atoms with Crippen LogP contribution in [0.3, 0.4) is 0 Å². The second-order valence-electron chi connectivity index (χ2n) is 7.60. The van der Waals surface area contributed by atoms with Gasteiger partial charge in [-0.1, -0.05) is 18.2 Å². The van der Waals surface area contributed by atoms with Gasteiger partial charge in [-0.2, -0.15) is 5.10 Å². The molecule has 31 heavy (non-hydrogen) atoms. The van der Waals surface area contributed by atoms with E-state index in [1.54, 1.807) is 6.20 Å². The topological polar surface area (TPSA) is 59.4 Å². The van der Waals surface area contributed by atoms with E-state index in [1.165, 1.54) is 24.6 Å². The van der Waals surface area contributed by atoms with Gasteiger partial charge in [-0.05, 0) is 62.3 Å². The number of aromatic nitrogens is 2. The Bertz CT molecular complexity index is 1000. The largest absolute Gasteiger partial charge is 0.492 e. The Hall–Kier alpha value is -2.77. The molecule has 2 heterocycles. The van der Waals surface area contributed by atoms with Gasteiger partial charge in [-0.15, -0.1) is 11.8 Å². The van der Waals surface area contributed by atoms with Crippen LogP contribution in [0.2, 0.25) is 0 Å². The average molecular weight is 437 g/mol. The SMILES string of the molecule is Cn1nccc1-c1cc(NC(=O)CSc2ccccc2)ccc1OCCN1CCCC1. The molecule has 4 rings (SSSR count). The maximum Gasteiger partial charge on any atom is 0.234 e. The number of anilines is 1. The molecule has 0 radical (unpaired) electrons. The number of hydrogen-bond acceptors (Lipinski definition) is 5. The van der Waals surface area contributed by atoms with Gasteiger partial charge in [-0.25, -0.2) is 0 Å². The molecule has 1 saturated heterocycles. The lowest BCUT2D eigenvalue weighted by atomic mass is 10.1. The van der Waals surface area contributed by atoms with E-state index in [0.717, 1.165) is 47.2 Å². The first kappa shape index (κ1) is 21.5. The Balaban J connectivity index is 1.43.